The first-order valence-corrected chi connectivity index (χ1v) is 9.22. The summed E-state index contributed by atoms with van der Waals surface area (Å²) in [6.45, 7) is 6.13. The van der Waals surface area contributed by atoms with Gasteiger partial charge in [-0.25, -0.2) is 14.6 Å². The van der Waals surface area contributed by atoms with Gasteiger partial charge in [-0.15, -0.1) is 0 Å². The van der Waals surface area contributed by atoms with Crippen LogP contribution in [-0.2, 0) is 18.4 Å². The first-order valence-electron chi connectivity index (χ1n) is 9.22. The van der Waals surface area contributed by atoms with E-state index >= 15 is 0 Å². The summed E-state index contributed by atoms with van der Waals surface area (Å²) in [5.41, 5.74) is 2.25. The number of carbonyl (C=O) groups excluding carboxylic acids is 2. The standard InChI is InChI=1S/C18H24N6O3/c1-12-10-22(8-6-19-12)11-13-3-4-14-15(9-13)21(2)18(27)24(14)23-7-5-16(25)20-17(23)26/h3-4,9,12,19H,5-8,10-11H2,1-2H3,(H,20,25,26)/t12-/m0/s1. The van der Waals surface area contributed by atoms with Gasteiger partial charge in [0, 0.05) is 45.7 Å². The first kappa shape index (κ1) is 17.7. The van der Waals surface area contributed by atoms with E-state index in [2.05, 4.69) is 22.5 Å². The van der Waals surface area contributed by atoms with Gasteiger partial charge in [0.05, 0.1) is 17.6 Å². The van der Waals surface area contributed by atoms with E-state index in [4.69, 9.17) is 0 Å². The lowest BCUT2D eigenvalue weighted by Gasteiger charge is -2.31. The van der Waals surface area contributed by atoms with Gasteiger partial charge < -0.3 is 5.32 Å². The van der Waals surface area contributed by atoms with Crippen LogP contribution in [0.1, 0.15) is 18.9 Å². The molecule has 2 saturated heterocycles. The summed E-state index contributed by atoms with van der Waals surface area (Å²) in [5.74, 6) is -0.322. The summed E-state index contributed by atoms with van der Waals surface area (Å²) >= 11 is 0. The minimum absolute atomic E-state index is 0.174. The number of piperazine rings is 1. The molecule has 9 heteroatoms. The number of amides is 3. The number of hydrogen-bond acceptors (Lipinski definition) is 5. The van der Waals surface area contributed by atoms with Crippen LogP contribution in [0.5, 0.6) is 0 Å². The average Bonchev–Trinajstić information content (AvgIpc) is 2.86. The van der Waals surface area contributed by atoms with Crippen molar-refractivity contribution in [3.05, 3.63) is 34.2 Å². The normalized spacial score (nSPS) is 21.7. The van der Waals surface area contributed by atoms with Crippen LogP contribution < -0.4 is 21.3 Å². The maximum atomic E-state index is 12.8. The van der Waals surface area contributed by atoms with Crippen LogP contribution in [0.4, 0.5) is 4.79 Å². The van der Waals surface area contributed by atoms with Crippen molar-refractivity contribution in [2.45, 2.75) is 25.9 Å². The first-order chi connectivity index (χ1) is 12.9. The third kappa shape index (κ3) is 3.24. The van der Waals surface area contributed by atoms with Crippen LogP contribution in [0, 0.1) is 0 Å². The molecule has 0 aliphatic carbocycles. The number of nitrogens with one attached hydrogen (secondary N) is 2. The zero-order valence-corrected chi connectivity index (χ0v) is 15.6. The van der Waals surface area contributed by atoms with E-state index < -0.39 is 6.03 Å². The molecule has 0 radical (unpaired) electrons. The highest BCUT2D eigenvalue weighted by Crippen LogP contribution is 2.18. The summed E-state index contributed by atoms with van der Waals surface area (Å²) in [5, 5.41) is 6.99. The highest BCUT2D eigenvalue weighted by atomic mass is 16.2. The average molecular weight is 372 g/mol. The Balaban J connectivity index is 1.67. The summed E-state index contributed by atoms with van der Waals surface area (Å²) in [6, 6.07) is 5.78. The number of hydrogen-bond donors (Lipinski definition) is 2. The van der Waals surface area contributed by atoms with Gasteiger partial charge in [0.15, 0.2) is 0 Å². The van der Waals surface area contributed by atoms with Crippen molar-refractivity contribution in [2.24, 2.45) is 7.05 Å². The van der Waals surface area contributed by atoms with Crippen LogP contribution in [0.15, 0.2) is 23.0 Å². The van der Waals surface area contributed by atoms with E-state index in [0.29, 0.717) is 11.6 Å². The number of urea groups is 1. The van der Waals surface area contributed by atoms with Crippen LogP contribution >= 0.6 is 0 Å². The number of imidazole rings is 1. The van der Waals surface area contributed by atoms with Crippen LogP contribution in [0.2, 0.25) is 0 Å². The monoisotopic (exact) mass is 372 g/mol. The molecule has 3 amide bonds. The van der Waals surface area contributed by atoms with Gasteiger partial charge >= 0.3 is 11.7 Å². The number of benzene rings is 1. The molecule has 2 aliphatic rings. The molecule has 1 atom stereocenters. The number of nitrogens with zero attached hydrogens (tertiary/aromatic N) is 4. The van der Waals surface area contributed by atoms with Crippen molar-refractivity contribution in [3.8, 4) is 0 Å². The zero-order valence-electron chi connectivity index (χ0n) is 15.6. The van der Waals surface area contributed by atoms with Gasteiger partial charge in [-0.05, 0) is 24.6 Å². The SMILES string of the molecule is C[C@H]1CN(Cc2ccc3c(c2)n(C)c(=O)n3N2CCC(=O)NC2=O)CCN1. The Morgan fingerprint density at radius 3 is 2.70 bits per heavy atom. The van der Waals surface area contributed by atoms with Gasteiger partial charge in [0.25, 0.3) is 0 Å². The van der Waals surface area contributed by atoms with Gasteiger partial charge in [0.2, 0.25) is 5.91 Å². The van der Waals surface area contributed by atoms with E-state index in [1.54, 1.807) is 11.6 Å². The molecule has 0 spiro atoms. The maximum Gasteiger partial charge on any atom is 0.348 e. The number of rotatable bonds is 3. The van der Waals surface area contributed by atoms with Crippen LogP contribution in [0.3, 0.4) is 0 Å². The van der Waals surface area contributed by atoms with Gasteiger partial charge in [-0.2, -0.15) is 4.68 Å². The molecule has 9 nitrogen and oxygen atoms in total. The predicted molar refractivity (Wildman–Crippen MR) is 101 cm³/mol. The molecular formula is C18H24N6O3. The topological polar surface area (TPSA) is 91.6 Å². The zero-order chi connectivity index (χ0) is 19.1. The van der Waals surface area contributed by atoms with Crippen LogP contribution in [0.25, 0.3) is 11.0 Å². The van der Waals surface area contributed by atoms with Crippen molar-refractivity contribution in [2.75, 3.05) is 31.2 Å². The summed E-state index contributed by atoms with van der Waals surface area (Å²) < 4.78 is 2.90. The molecule has 144 valence electrons. The lowest BCUT2D eigenvalue weighted by atomic mass is 10.1. The van der Waals surface area contributed by atoms with Crippen molar-refractivity contribution in [3.63, 3.8) is 0 Å². The van der Waals surface area contributed by atoms with Gasteiger partial charge in [0.1, 0.15) is 0 Å². The van der Waals surface area contributed by atoms with Gasteiger partial charge in [-0.1, -0.05) is 6.07 Å². The van der Waals surface area contributed by atoms with Crippen molar-refractivity contribution in [1.29, 1.82) is 0 Å². The van der Waals surface area contributed by atoms with Crippen LogP contribution in [-0.4, -0.2) is 58.3 Å². The lowest BCUT2D eigenvalue weighted by molar-refractivity contribution is -0.120. The predicted octanol–water partition coefficient (Wildman–Crippen LogP) is -0.288. The molecule has 0 bridgehead atoms. The van der Waals surface area contributed by atoms with Crippen molar-refractivity contribution in [1.82, 2.24) is 24.8 Å². The molecule has 1 aromatic heterocycles. The number of aryl methyl sites for hydroxylation is 1. The van der Waals surface area contributed by atoms with Crippen molar-refractivity contribution < 1.29 is 9.59 Å². The fourth-order valence-electron chi connectivity index (χ4n) is 3.86. The van der Waals surface area contributed by atoms with E-state index in [0.717, 1.165) is 37.3 Å². The molecular weight excluding hydrogens is 348 g/mol. The van der Waals surface area contributed by atoms with E-state index in [1.165, 1.54) is 9.69 Å². The Kier molecular flexibility index (Phi) is 4.48. The molecule has 2 N–H and O–H groups in total. The lowest BCUT2D eigenvalue weighted by Crippen LogP contribution is -2.57. The third-order valence-corrected chi connectivity index (χ3v) is 5.23. The Hall–Kier alpha value is -2.65. The summed E-state index contributed by atoms with van der Waals surface area (Å²) in [6.07, 6.45) is 0.174. The number of imide groups is 1. The largest absolute Gasteiger partial charge is 0.348 e. The Labute approximate surface area is 156 Å². The number of carbonyl (C=O) groups is 2. The van der Waals surface area contributed by atoms with E-state index in [1.807, 2.05) is 18.2 Å². The van der Waals surface area contributed by atoms with Crippen molar-refractivity contribution >= 4 is 23.0 Å². The Morgan fingerprint density at radius 1 is 1.15 bits per heavy atom. The number of aromatic nitrogens is 2. The highest BCUT2D eigenvalue weighted by Gasteiger charge is 2.28. The smallest absolute Gasteiger partial charge is 0.312 e. The maximum absolute atomic E-state index is 12.8. The second kappa shape index (κ2) is 6.82. The quantitative estimate of drug-likeness (QED) is 0.773. The van der Waals surface area contributed by atoms with E-state index in [9.17, 15) is 14.4 Å². The summed E-state index contributed by atoms with van der Waals surface area (Å²) in [7, 11) is 1.70. The minimum Gasteiger partial charge on any atom is -0.312 e. The summed E-state index contributed by atoms with van der Waals surface area (Å²) in [4.78, 5) is 38.7. The molecule has 27 heavy (non-hydrogen) atoms. The second-order valence-electron chi connectivity index (χ2n) is 7.29. The van der Waals surface area contributed by atoms with Gasteiger partial charge in [-0.3, -0.25) is 19.6 Å². The second-order valence-corrected chi connectivity index (χ2v) is 7.29. The molecule has 2 aliphatic heterocycles. The Bertz CT molecular complexity index is 962. The molecule has 0 saturated carbocycles. The molecule has 0 unspecified atom stereocenters. The fourth-order valence-corrected chi connectivity index (χ4v) is 3.86. The molecule has 2 aromatic rings. The molecule has 2 fully saturated rings. The molecule has 1 aromatic carbocycles. The van der Waals surface area contributed by atoms with E-state index in [-0.39, 0.29) is 24.6 Å². The molecule has 3 heterocycles. The number of fused-ring (bicyclic) bond motifs is 1. The Morgan fingerprint density at radius 2 is 1.96 bits per heavy atom. The highest BCUT2D eigenvalue weighted by molar-refractivity contribution is 6.02. The third-order valence-electron chi connectivity index (χ3n) is 5.23. The molecule has 4 rings (SSSR count). The minimum atomic E-state index is -0.570. The fraction of sp³-hybridized carbons (Fsp3) is 0.500.